The maximum Gasteiger partial charge on any atom is 0.441 e. The first-order valence-corrected chi connectivity index (χ1v) is 6.68. The highest BCUT2D eigenvalue weighted by atomic mass is 79.9. The summed E-state index contributed by atoms with van der Waals surface area (Å²) in [6.07, 6.45) is -4.50. The van der Waals surface area contributed by atoms with Crippen molar-refractivity contribution in [3.63, 3.8) is 0 Å². The van der Waals surface area contributed by atoms with E-state index >= 15 is 0 Å². The Morgan fingerprint density at radius 3 is 2.21 bits per heavy atom. The number of rotatable bonds is 4. The molecule has 1 aromatic rings. The monoisotopic (exact) mass is 367 g/mol. The van der Waals surface area contributed by atoms with Crippen LogP contribution in [0, 0.1) is 0 Å². The Morgan fingerprint density at radius 1 is 1.05 bits per heavy atom. The Labute approximate surface area is 117 Å². The highest BCUT2D eigenvalue weighted by Gasteiger charge is 2.31. The van der Waals surface area contributed by atoms with Crippen LogP contribution in [0.1, 0.15) is 5.56 Å². The van der Waals surface area contributed by atoms with Crippen molar-refractivity contribution in [1.82, 2.24) is 0 Å². The van der Waals surface area contributed by atoms with E-state index < -0.39 is 17.2 Å². The van der Waals surface area contributed by atoms with Crippen LogP contribution in [0.2, 0.25) is 0 Å². The molecule has 1 nitrogen and oxygen atoms in total. The molecule has 0 heterocycles. The van der Waals surface area contributed by atoms with Crippen LogP contribution >= 0.6 is 27.7 Å². The van der Waals surface area contributed by atoms with Gasteiger partial charge in [0.1, 0.15) is 0 Å². The molecule has 0 saturated carbocycles. The fourth-order valence-electron chi connectivity index (χ4n) is 1.22. The van der Waals surface area contributed by atoms with Crippen LogP contribution in [0.25, 0.3) is 0 Å². The van der Waals surface area contributed by atoms with Crippen LogP contribution in [0.3, 0.4) is 0 Å². The lowest BCUT2D eigenvalue weighted by Gasteiger charge is -2.12. The second-order valence-corrected chi connectivity index (χ2v) is 5.52. The average molecular weight is 368 g/mol. The van der Waals surface area contributed by atoms with Gasteiger partial charge in [0, 0.05) is 22.5 Å². The first-order chi connectivity index (χ1) is 8.58. The predicted molar refractivity (Wildman–Crippen MR) is 66.1 cm³/mol. The minimum absolute atomic E-state index is 0.0854. The molecular weight excluding hydrogens is 360 g/mol. The van der Waals surface area contributed by atoms with Crippen LogP contribution in [0.5, 0.6) is 0 Å². The summed E-state index contributed by atoms with van der Waals surface area (Å²) in [5.41, 5.74) is -5.09. The highest BCUT2D eigenvalue weighted by molar-refractivity contribution is 9.10. The zero-order valence-corrected chi connectivity index (χ0v) is 11.6. The van der Waals surface area contributed by atoms with Gasteiger partial charge in [0.25, 0.3) is 0 Å². The lowest BCUT2D eigenvalue weighted by Crippen LogP contribution is -2.11. The van der Waals surface area contributed by atoms with Crippen LogP contribution in [0.15, 0.2) is 22.7 Å². The third kappa shape index (κ3) is 6.42. The number of hydrogen-bond acceptors (Lipinski definition) is 2. The number of alkyl halides is 6. The van der Waals surface area contributed by atoms with Gasteiger partial charge in [-0.1, -0.05) is 15.9 Å². The van der Waals surface area contributed by atoms with Crippen LogP contribution < -0.4 is 5.32 Å². The van der Waals surface area contributed by atoms with E-state index in [1.54, 1.807) is 0 Å². The summed E-state index contributed by atoms with van der Waals surface area (Å²) in [5.74, 6) is -0.280. The van der Waals surface area contributed by atoms with Gasteiger partial charge in [-0.05, 0) is 30.0 Å². The lowest BCUT2D eigenvalue weighted by atomic mass is 10.2. The molecule has 0 atom stereocenters. The van der Waals surface area contributed by atoms with E-state index in [9.17, 15) is 26.3 Å². The van der Waals surface area contributed by atoms with Gasteiger partial charge in [-0.2, -0.15) is 26.3 Å². The summed E-state index contributed by atoms with van der Waals surface area (Å²) in [7, 11) is 0. The summed E-state index contributed by atoms with van der Waals surface area (Å²) in [6.45, 7) is -0.0854. The van der Waals surface area contributed by atoms with Gasteiger partial charge in [-0.25, -0.2) is 0 Å². The average Bonchev–Trinajstić information content (AvgIpc) is 2.21. The number of nitrogens with one attached hydrogen (secondary N) is 1. The summed E-state index contributed by atoms with van der Waals surface area (Å²) in [4.78, 5) is 0. The molecule has 0 radical (unpaired) electrons. The zero-order chi connectivity index (χ0) is 14.7. The number of halogens is 7. The number of thioether (sulfide) groups is 1. The van der Waals surface area contributed by atoms with E-state index in [0.717, 1.165) is 12.1 Å². The first-order valence-electron chi connectivity index (χ1n) is 4.90. The summed E-state index contributed by atoms with van der Waals surface area (Å²) < 4.78 is 73.2. The molecule has 0 bridgehead atoms. The van der Waals surface area contributed by atoms with Gasteiger partial charge >= 0.3 is 11.7 Å². The van der Waals surface area contributed by atoms with Crippen molar-refractivity contribution in [2.75, 3.05) is 17.6 Å². The molecule has 0 unspecified atom stereocenters. The highest BCUT2D eigenvalue weighted by Crippen LogP contribution is 2.33. The van der Waals surface area contributed by atoms with Gasteiger partial charge in [0.15, 0.2) is 0 Å². The van der Waals surface area contributed by atoms with E-state index in [1.807, 2.05) is 0 Å². The molecule has 0 amide bonds. The molecule has 0 aromatic heterocycles. The molecule has 0 fully saturated rings. The summed E-state index contributed by atoms with van der Waals surface area (Å²) in [5, 5.41) is 2.52. The van der Waals surface area contributed by atoms with Gasteiger partial charge in [-0.15, -0.1) is 0 Å². The molecule has 108 valence electrons. The standard InChI is InChI=1S/C10H8BrF6NS/c11-7-3-6(9(12,13)14)4-8(5-7)18-1-2-19-10(15,16)17/h3-5,18H,1-2H2. The smallest absolute Gasteiger partial charge is 0.384 e. The summed E-state index contributed by atoms with van der Waals surface area (Å²) in [6, 6.07) is 3.12. The zero-order valence-electron chi connectivity index (χ0n) is 9.20. The number of anilines is 1. The first kappa shape index (κ1) is 16.5. The van der Waals surface area contributed by atoms with Crippen molar-refractivity contribution in [2.24, 2.45) is 0 Å². The molecule has 0 spiro atoms. The van der Waals surface area contributed by atoms with Crippen LogP contribution in [-0.2, 0) is 6.18 Å². The van der Waals surface area contributed by atoms with Crippen molar-refractivity contribution in [3.8, 4) is 0 Å². The van der Waals surface area contributed by atoms with Gasteiger partial charge in [0.2, 0.25) is 0 Å². The van der Waals surface area contributed by atoms with Crippen molar-refractivity contribution < 1.29 is 26.3 Å². The Kier molecular flexibility index (Phi) is 5.43. The fourth-order valence-corrected chi connectivity index (χ4v) is 2.15. The Balaban J connectivity index is 2.62. The minimum atomic E-state index is -4.50. The third-order valence-corrected chi connectivity index (χ3v) is 3.12. The lowest BCUT2D eigenvalue weighted by molar-refractivity contribution is -0.137. The topological polar surface area (TPSA) is 12.0 Å². The molecular formula is C10H8BrF6NS. The van der Waals surface area contributed by atoms with Crippen molar-refractivity contribution in [3.05, 3.63) is 28.2 Å². The van der Waals surface area contributed by atoms with E-state index in [4.69, 9.17) is 0 Å². The maximum atomic E-state index is 12.5. The van der Waals surface area contributed by atoms with Gasteiger partial charge < -0.3 is 5.32 Å². The van der Waals surface area contributed by atoms with Crippen LogP contribution in [0.4, 0.5) is 32.0 Å². The van der Waals surface area contributed by atoms with Crippen molar-refractivity contribution >= 4 is 33.4 Å². The summed E-state index contributed by atoms with van der Waals surface area (Å²) >= 11 is 2.69. The van der Waals surface area contributed by atoms with Crippen molar-refractivity contribution in [2.45, 2.75) is 11.7 Å². The molecule has 1 rings (SSSR count). The largest absolute Gasteiger partial charge is 0.441 e. The molecule has 0 aliphatic rings. The second kappa shape index (κ2) is 6.25. The molecule has 0 aliphatic heterocycles. The minimum Gasteiger partial charge on any atom is -0.384 e. The molecule has 1 aromatic carbocycles. The van der Waals surface area contributed by atoms with Crippen molar-refractivity contribution in [1.29, 1.82) is 0 Å². The SMILES string of the molecule is FC(F)(F)SCCNc1cc(Br)cc(C(F)(F)F)c1. The van der Waals surface area contributed by atoms with E-state index in [-0.39, 0.29) is 34.2 Å². The van der Waals surface area contributed by atoms with E-state index in [2.05, 4.69) is 21.2 Å². The van der Waals surface area contributed by atoms with Crippen LogP contribution in [-0.4, -0.2) is 17.8 Å². The molecule has 0 saturated heterocycles. The number of hydrogen-bond donors (Lipinski definition) is 1. The van der Waals surface area contributed by atoms with Gasteiger partial charge in [0.05, 0.1) is 5.56 Å². The molecule has 1 N–H and O–H groups in total. The van der Waals surface area contributed by atoms with E-state index in [0.29, 0.717) is 0 Å². The Bertz CT molecular complexity index is 431. The Morgan fingerprint density at radius 2 is 1.68 bits per heavy atom. The quantitative estimate of drug-likeness (QED) is 0.584. The van der Waals surface area contributed by atoms with E-state index in [1.165, 1.54) is 6.07 Å². The Hall–Kier alpha value is -0.570. The maximum absolute atomic E-state index is 12.5. The van der Waals surface area contributed by atoms with Gasteiger partial charge in [-0.3, -0.25) is 0 Å². The molecule has 0 aliphatic carbocycles. The second-order valence-electron chi connectivity index (χ2n) is 3.45. The fraction of sp³-hybridized carbons (Fsp3) is 0.400. The molecule has 9 heteroatoms. The number of benzene rings is 1. The normalized spacial score (nSPS) is 12.6. The molecule has 19 heavy (non-hydrogen) atoms. The third-order valence-electron chi connectivity index (χ3n) is 1.92. The predicted octanol–water partition coefficient (Wildman–Crippen LogP) is 5.13.